The number of H-pyrrole nitrogens is 1. The molecule has 1 saturated heterocycles. The van der Waals surface area contributed by atoms with Crippen LogP contribution in [0.1, 0.15) is 18.2 Å². The Kier molecular flexibility index (Phi) is 6.70. The lowest BCUT2D eigenvalue weighted by atomic mass is 10.1. The highest BCUT2D eigenvalue weighted by molar-refractivity contribution is 7.47. The fraction of sp³-hybridized carbons (Fsp3) is 0.667. The van der Waals surface area contributed by atoms with Crippen molar-refractivity contribution in [3.63, 3.8) is 0 Å². The van der Waals surface area contributed by atoms with E-state index in [0.29, 0.717) is 0 Å². The van der Waals surface area contributed by atoms with Gasteiger partial charge in [-0.2, -0.15) is 13.2 Å². The molecule has 156 valence electrons. The van der Waals surface area contributed by atoms with Gasteiger partial charge in [-0.1, -0.05) is 5.11 Å². The van der Waals surface area contributed by atoms with Crippen LogP contribution in [-0.2, 0) is 18.3 Å². The Morgan fingerprint density at radius 1 is 1.50 bits per heavy atom. The number of aryl methyl sites for hydroxylation is 1. The summed E-state index contributed by atoms with van der Waals surface area (Å²) in [4.78, 5) is 37.3. The lowest BCUT2D eigenvalue weighted by Gasteiger charge is -2.19. The molecule has 0 radical (unpaired) electrons. The van der Waals surface area contributed by atoms with E-state index in [9.17, 15) is 32.2 Å². The fourth-order valence-electron chi connectivity index (χ4n) is 2.38. The summed E-state index contributed by atoms with van der Waals surface area (Å²) in [5.74, 6) is 0. The number of aromatic amines is 1. The minimum Gasteiger partial charge on any atom is -0.352 e. The van der Waals surface area contributed by atoms with Gasteiger partial charge < -0.3 is 9.63 Å². The van der Waals surface area contributed by atoms with Crippen molar-refractivity contribution in [2.24, 2.45) is 5.11 Å². The molecule has 0 bridgehead atoms. The van der Waals surface area contributed by atoms with E-state index in [-0.39, 0.29) is 12.0 Å². The largest absolute Gasteiger partial charge is 0.472 e. The number of nitrogens with zero attached hydrogens (tertiary/aromatic N) is 4. The molecule has 2 rings (SSSR count). The first-order valence-corrected chi connectivity index (χ1v) is 9.12. The number of rotatable bonds is 7. The maximum absolute atomic E-state index is 12.1. The van der Waals surface area contributed by atoms with Gasteiger partial charge in [0.25, 0.3) is 5.56 Å². The predicted octanol–water partition coefficient (Wildman–Crippen LogP) is 1.51. The molecule has 1 unspecified atom stereocenters. The molecule has 16 heteroatoms. The molecule has 1 aromatic heterocycles. The lowest BCUT2D eigenvalue weighted by Crippen LogP contribution is -2.33. The third-order valence-corrected chi connectivity index (χ3v) is 4.58. The van der Waals surface area contributed by atoms with Gasteiger partial charge in [-0.3, -0.25) is 23.4 Å². The van der Waals surface area contributed by atoms with Crippen LogP contribution < -0.4 is 11.2 Å². The number of phosphoric acid groups is 1. The van der Waals surface area contributed by atoms with E-state index in [1.54, 1.807) is 0 Å². The molecular formula is C12H15F3N5O7P. The Balaban J connectivity index is 2.11. The van der Waals surface area contributed by atoms with Crippen LogP contribution in [0.2, 0.25) is 0 Å². The van der Waals surface area contributed by atoms with Crippen molar-refractivity contribution < 1.29 is 36.4 Å². The van der Waals surface area contributed by atoms with E-state index in [1.165, 1.54) is 13.1 Å². The summed E-state index contributed by atoms with van der Waals surface area (Å²) in [6, 6.07) is -0.961. The van der Waals surface area contributed by atoms with Gasteiger partial charge in [-0.05, 0) is 12.5 Å². The second kappa shape index (κ2) is 8.47. The number of nitrogens with one attached hydrogen (secondary N) is 1. The Morgan fingerprint density at radius 3 is 2.79 bits per heavy atom. The van der Waals surface area contributed by atoms with Crippen LogP contribution in [0.4, 0.5) is 13.2 Å². The van der Waals surface area contributed by atoms with Crippen molar-refractivity contribution in [3.05, 3.63) is 43.0 Å². The summed E-state index contributed by atoms with van der Waals surface area (Å²) < 4.78 is 62.5. The highest BCUT2D eigenvalue weighted by atomic mass is 31.2. The summed E-state index contributed by atoms with van der Waals surface area (Å²) in [5.41, 5.74) is 7.42. The highest BCUT2D eigenvalue weighted by Gasteiger charge is 2.39. The maximum Gasteiger partial charge on any atom is 0.472 e. The third kappa shape index (κ3) is 5.92. The molecule has 1 fully saturated rings. The SMILES string of the molecule is Cc1cn([C@H]2C[C@H](N=[N+]=[N-])[C@@H](COP(=O)(O)OCC(F)(F)F)O2)c(=O)[nH]c1=O. The number of hydrogen-bond acceptors (Lipinski definition) is 7. The summed E-state index contributed by atoms with van der Waals surface area (Å²) in [5, 5.41) is 3.43. The molecule has 2 heterocycles. The number of alkyl halides is 3. The number of aromatic nitrogens is 2. The number of halogens is 3. The van der Waals surface area contributed by atoms with E-state index in [1.807, 2.05) is 0 Å². The topological polar surface area (TPSA) is 169 Å². The van der Waals surface area contributed by atoms with Crippen molar-refractivity contribution in [2.75, 3.05) is 13.2 Å². The molecule has 0 amide bonds. The zero-order valence-electron chi connectivity index (χ0n) is 14.2. The van der Waals surface area contributed by atoms with Crippen molar-refractivity contribution >= 4 is 7.82 Å². The van der Waals surface area contributed by atoms with Gasteiger partial charge in [-0.25, -0.2) is 9.36 Å². The summed E-state index contributed by atoms with van der Waals surface area (Å²) in [7, 11) is -5.05. The van der Waals surface area contributed by atoms with Crippen LogP contribution in [0.3, 0.4) is 0 Å². The van der Waals surface area contributed by atoms with Crippen LogP contribution in [-0.4, -0.2) is 46.0 Å². The molecule has 12 nitrogen and oxygen atoms in total. The van der Waals surface area contributed by atoms with Crippen molar-refractivity contribution in [2.45, 2.75) is 37.9 Å². The van der Waals surface area contributed by atoms with Crippen LogP contribution in [0.5, 0.6) is 0 Å². The Hall–Kier alpha value is -2.15. The molecule has 28 heavy (non-hydrogen) atoms. The van der Waals surface area contributed by atoms with Crippen LogP contribution in [0.15, 0.2) is 20.9 Å². The van der Waals surface area contributed by atoms with E-state index in [0.717, 1.165) is 4.57 Å². The van der Waals surface area contributed by atoms with E-state index >= 15 is 0 Å². The Bertz CT molecular complexity index is 925. The molecule has 0 saturated carbocycles. The molecule has 0 aliphatic carbocycles. The Morgan fingerprint density at radius 2 is 2.18 bits per heavy atom. The minimum atomic E-state index is -5.05. The molecule has 0 aromatic carbocycles. The maximum atomic E-state index is 12.1. The molecule has 0 spiro atoms. The summed E-state index contributed by atoms with van der Waals surface area (Å²) in [6.45, 7) is -1.31. The predicted molar refractivity (Wildman–Crippen MR) is 85.3 cm³/mol. The van der Waals surface area contributed by atoms with Gasteiger partial charge >= 0.3 is 19.7 Å². The number of hydrogen-bond donors (Lipinski definition) is 2. The monoisotopic (exact) mass is 429 g/mol. The van der Waals surface area contributed by atoms with Crippen molar-refractivity contribution in [1.82, 2.24) is 9.55 Å². The normalized spacial score (nSPS) is 24.5. The quantitative estimate of drug-likeness (QED) is 0.286. The minimum absolute atomic E-state index is 0.0530. The second-order valence-electron chi connectivity index (χ2n) is 5.77. The molecule has 1 aromatic rings. The fourth-order valence-corrected chi connectivity index (χ4v) is 3.10. The summed E-state index contributed by atoms with van der Waals surface area (Å²) >= 11 is 0. The lowest BCUT2D eigenvalue weighted by molar-refractivity contribution is -0.158. The average molecular weight is 429 g/mol. The first-order valence-electron chi connectivity index (χ1n) is 7.62. The zero-order chi connectivity index (χ0) is 21.1. The van der Waals surface area contributed by atoms with Gasteiger partial charge in [0.05, 0.1) is 18.8 Å². The molecule has 2 N–H and O–H groups in total. The van der Waals surface area contributed by atoms with Gasteiger partial charge in [0.1, 0.15) is 6.23 Å². The van der Waals surface area contributed by atoms with Crippen molar-refractivity contribution in [3.8, 4) is 0 Å². The van der Waals surface area contributed by atoms with Crippen molar-refractivity contribution in [1.29, 1.82) is 0 Å². The third-order valence-electron chi connectivity index (χ3n) is 3.65. The van der Waals surface area contributed by atoms with E-state index in [2.05, 4.69) is 24.1 Å². The first kappa shape index (κ1) is 22.1. The zero-order valence-corrected chi connectivity index (χ0v) is 15.1. The molecule has 1 aliphatic rings. The van der Waals surface area contributed by atoms with Gasteiger partial charge in [0.2, 0.25) is 0 Å². The Labute approximate surface area is 154 Å². The van der Waals surface area contributed by atoms with Crippen LogP contribution in [0, 0.1) is 6.92 Å². The van der Waals surface area contributed by atoms with Gasteiger partial charge in [0, 0.05) is 23.1 Å². The van der Waals surface area contributed by atoms with Gasteiger partial charge in [0.15, 0.2) is 6.61 Å². The van der Waals surface area contributed by atoms with Gasteiger partial charge in [-0.15, -0.1) is 0 Å². The second-order valence-corrected chi connectivity index (χ2v) is 7.22. The number of ether oxygens (including phenoxy) is 1. The molecular weight excluding hydrogens is 414 g/mol. The first-order chi connectivity index (χ1) is 12.9. The average Bonchev–Trinajstić information content (AvgIpc) is 2.97. The number of azide groups is 1. The molecule has 1 aliphatic heterocycles. The smallest absolute Gasteiger partial charge is 0.352 e. The van der Waals surface area contributed by atoms with E-state index < -0.39 is 56.8 Å². The van der Waals surface area contributed by atoms with E-state index in [4.69, 9.17) is 10.3 Å². The van der Waals surface area contributed by atoms with Crippen LogP contribution >= 0.6 is 7.82 Å². The highest BCUT2D eigenvalue weighted by Crippen LogP contribution is 2.45. The molecule has 4 atom stereocenters. The standard InChI is InChI=1S/C12H15F3N5O7P/c1-6-3-20(11(22)17-10(6)21)9-2-7(18-19-16)8(27-9)4-25-28(23,24)26-5-12(13,14)15/h3,7-9H,2,4-5H2,1H3,(H,23,24)(H,17,21,22)/t7-,8+,9+/m0/s1. The number of phosphoric ester groups is 1. The van der Waals surface area contributed by atoms with Crippen LogP contribution in [0.25, 0.3) is 10.4 Å². The summed E-state index contributed by atoms with van der Waals surface area (Å²) in [6.07, 6.45) is -5.85.